The Hall–Kier alpha value is 0.160. The molecule has 0 bridgehead atoms. The van der Waals surface area contributed by atoms with E-state index in [0.29, 0.717) is 10.5 Å². The minimum Gasteiger partial charge on any atom is -0.496 e. The zero-order valence-corrected chi connectivity index (χ0v) is 14.5. The minimum atomic E-state index is 0.177. The number of hydrogen-bond acceptors (Lipinski definition) is 4. The van der Waals surface area contributed by atoms with E-state index in [-0.39, 0.29) is 6.04 Å². The summed E-state index contributed by atoms with van der Waals surface area (Å²) >= 11 is 7.57. The molecule has 0 amide bonds. The van der Waals surface area contributed by atoms with Gasteiger partial charge in [-0.25, -0.2) is 0 Å². The summed E-state index contributed by atoms with van der Waals surface area (Å²) in [5, 5.41) is 1.16. The molecule has 1 fully saturated rings. The fourth-order valence-electron chi connectivity index (χ4n) is 2.40. The van der Waals surface area contributed by atoms with Gasteiger partial charge in [0, 0.05) is 32.5 Å². The average Bonchev–Trinajstić information content (AvgIpc) is 2.39. The molecule has 0 spiro atoms. The first-order chi connectivity index (χ1) is 9.11. The van der Waals surface area contributed by atoms with Crippen LogP contribution in [0.2, 0.25) is 0 Å². The Morgan fingerprint density at radius 1 is 1.42 bits per heavy atom. The second-order valence-corrected chi connectivity index (χ2v) is 8.42. The van der Waals surface area contributed by atoms with Gasteiger partial charge in [-0.3, -0.25) is 0 Å². The molecule has 106 valence electrons. The fraction of sp³-hybridized carbons (Fsp3) is 0.571. The maximum Gasteiger partial charge on any atom is 0.122 e. The van der Waals surface area contributed by atoms with Gasteiger partial charge in [-0.1, -0.05) is 22.9 Å². The molecule has 1 aliphatic rings. The zero-order valence-electron chi connectivity index (χ0n) is 11.3. The minimum absolute atomic E-state index is 0.177. The molecule has 0 radical (unpaired) electrons. The predicted molar refractivity (Wildman–Crippen MR) is 90.5 cm³/mol. The lowest BCUT2D eigenvalue weighted by atomic mass is 10.0. The van der Waals surface area contributed by atoms with E-state index in [1.165, 1.54) is 17.1 Å². The molecule has 1 heterocycles. The van der Waals surface area contributed by atoms with Crippen molar-refractivity contribution in [3.05, 3.63) is 28.2 Å². The quantitative estimate of drug-likeness (QED) is 0.888. The summed E-state index contributed by atoms with van der Waals surface area (Å²) in [5.41, 5.74) is 7.63. The summed E-state index contributed by atoms with van der Waals surface area (Å²) in [6, 6.07) is 6.29. The fourth-order valence-corrected chi connectivity index (χ4v) is 5.70. The van der Waals surface area contributed by atoms with Crippen LogP contribution in [0, 0.1) is 0 Å². The van der Waals surface area contributed by atoms with Crippen LogP contribution in [-0.4, -0.2) is 35.2 Å². The molecular weight excluding hydrogens is 342 g/mol. The van der Waals surface area contributed by atoms with E-state index in [0.717, 1.165) is 16.6 Å². The molecule has 3 atom stereocenters. The molecule has 19 heavy (non-hydrogen) atoms. The van der Waals surface area contributed by atoms with Crippen molar-refractivity contribution < 1.29 is 4.74 Å². The van der Waals surface area contributed by atoms with Crippen molar-refractivity contribution in [1.82, 2.24) is 0 Å². The normalized spacial score (nSPS) is 25.1. The Morgan fingerprint density at radius 2 is 2.16 bits per heavy atom. The SMILES string of the molecule is COc1ccc(Br)cc1CC(N)C1SCCSC1C. The molecule has 1 aromatic carbocycles. The van der Waals surface area contributed by atoms with Gasteiger partial charge >= 0.3 is 0 Å². The van der Waals surface area contributed by atoms with Gasteiger partial charge in [0.25, 0.3) is 0 Å². The van der Waals surface area contributed by atoms with Gasteiger partial charge in [-0.05, 0) is 30.2 Å². The van der Waals surface area contributed by atoms with Crippen molar-refractivity contribution >= 4 is 39.5 Å². The highest BCUT2D eigenvalue weighted by atomic mass is 79.9. The predicted octanol–water partition coefficient (Wildman–Crippen LogP) is 3.56. The van der Waals surface area contributed by atoms with Gasteiger partial charge in [-0.15, -0.1) is 0 Å². The Balaban J connectivity index is 2.09. The summed E-state index contributed by atoms with van der Waals surface area (Å²) < 4.78 is 6.50. The Morgan fingerprint density at radius 3 is 2.84 bits per heavy atom. The largest absolute Gasteiger partial charge is 0.496 e. The van der Waals surface area contributed by atoms with Crippen molar-refractivity contribution in [3.63, 3.8) is 0 Å². The van der Waals surface area contributed by atoms with E-state index in [1.807, 2.05) is 35.7 Å². The van der Waals surface area contributed by atoms with Crippen LogP contribution in [0.15, 0.2) is 22.7 Å². The topological polar surface area (TPSA) is 35.2 Å². The molecule has 0 aliphatic carbocycles. The van der Waals surface area contributed by atoms with Crippen LogP contribution < -0.4 is 10.5 Å². The second-order valence-electron chi connectivity index (χ2n) is 4.74. The molecule has 0 saturated carbocycles. The van der Waals surface area contributed by atoms with Gasteiger partial charge in [0.1, 0.15) is 5.75 Å². The number of ether oxygens (including phenoxy) is 1. The van der Waals surface area contributed by atoms with E-state index >= 15 is 0 Å². The van der Waals surface area contributed by atoms with Crippen LogP contribution in [0.3, 0.4) is 0 Å². The molecule has 5 heteroatoms. The summed E-state index contributed by atoms with van der Waals surface area (Å²) in [5.74, 6) is 3.39. The first-order valence-electron chi connectivity index (χ1n) is 6.43. The number of nitrogens with two attached hydrogens (primary N) is 1. The molecule has 2 rings (SSSR count). The average molecular weight is 362 g/mol. The molecule has 3 unspecified atom stereocenters. The number of benzene rings is 1. The van der Waals surface area contributed by atoms with Crippen molar-refractivity contribution in [2.75, 3.05) is 18.6 Å². The molecule has 0 aromatic heterocycles. The maximum absolute atomic E-state index is 6.44. The van der Waals surface area contributed by atoms with E-state index in [4.69, 9.17) is 10.5 Å². The molecule has 1 saturated heterocycles. The van der Waals surface area contributed by atoms with E-state index in [1.54, 1.807) is 7.11 Å². The lowest BCUT2D eigenvalue weighted by Gasteiger charge is -2.32. The number of halogens is 1. The first-order valence-corrected chi connectivity index (χ1v) is 9.32. The lowest BCUT2D eigenvalue weighted by Crippen LogP contribution is -2.42. The third-order valence-corrected chi connectivity index (χ3v) is 7.12. The second kappa shape index (κ2) is 7.25. The zero-order chi connectivity index (χ0) is 13.8. The number of thioether (sulfide) groups is 2. The third kappa shape index (κ3) is 4.06. The van der Waals surface area contributed by atoms with Crippen molar-refractivity contribution in [2.45, 2.75) is 29.9 Å². The maximum atomic E-state index is 6.44. The van der Waals surface area contributed by atoms with Gasteiger partial charge in [0.15, 0.2) is 0 Å². The summed E-state index contributed by atoms with van der Waals surface area (Å²) in [4.78, 5) is 0. The Labute approximate surface area is 132 Å². The monoisotopic (exact) mass is 361 g/mol. The van der Waals surface area contributed by atoms with Crippen LogP contribution in [0.25, 0.3) is 0 Å². The van der Waals surface area contributed by atoms with E-state index < -0.39 is 0 Å². The highest BCUT2D eigenvalue weighted by molar-refractivity contribution is 9.10. The van der Waals surface area contributed by atoms with E-state index in [9.17, 15) is 0 Å². The number of methoxy groups -OCH3 is 1. The Kier molecular flexibility index (Phi) is 5.93. The highest BCUT2D eigenvalue weighted by Gasteiger charge is 2.28. The van der Waals surface area contributed by atoms with Crippen LogP contribution in [0.5, 0.6) is 5.75 Å². The van der Waals surface area contributed by atoms with Crippen molar-refractivity contribution in [2.24, 2.45) is 5.73 Å². The first kappa shape index (κ1) is 15.5. The molecular formula is C14H20BrNOS2. The third-order valence-electron chi connectivity index (χ3n) is 3.36. The lowest BCUT2D eigenvalue weighted by molar-refractivity contribution is 0.407. The van der Waals surface area contributed by atoms with Gasteiger partial charge in [-0.2, -0.15) is 23.5 Å². The molecule has 1 aliphatic heterocycles. The summed E-state index contributed by atoms with van der Waals surface area (Å²) in [7, 11) is 1.71. The highest BCUT2D eigenvalue weighted by Crippen LogP contribution is 2.34. The number of hydrogen-bond donors (Lipinski definition) is 1. The van der Waals surface area contributed by atoms with Crippen LogP contribution in [-0.2, 0) is 6.42 Å². The van der Waals surface area contributed by atoms with Gasteiger partial charge in [0.05, 0.1) is 7.11 Å². The van der Waals surface area contributed by atoms with Crippen LogP contribution in [0.1, 0.15) is 12.5 Å². The number of rotatable bonds is 4. The van der Waals surface area contributed by atoms with Crippen LogP contribution >= 0.6 is 39.5 Å². The Bertz CT molecular complexity index is 430. The smallest absolute Gasteiger partial charge is 0.122 e. The summed E-state index contributed by atoms with van der Waals surface area (Å²) in [6.07, 6.45) is 0.866. The summed E-state index contributed by atoms with van der Waals surface area (Å²) in [6.45, 7) is 2.29. The van der Waals surface area contributed by atoms with Crippen molar-refractivity contribution in [1.29, 1.82) is 0 Å². The molecule has 2 nitrogen and oxygen atoms in total. The van der Waals surface area contributed by atoms with Crippen molar-refractivity contribution in [3.8, 4) is 5.75 Å². The van der Waals surface area contributed by atoms with Gasteiger partial charge < -0.3 is 10.5 Å². The standard InChI is InChI=1S/C14H20BrNOS2/c1-9-14(19-6-5-18-9)12(16)8-10-7-11(15)3-4-13(10)17-2/h3-4,7,9,12,14H,5-6,8,16H2,1-2H3. The van der Waals surface area contributed by atoms with E-state index in [2.05, 4.69) is 28.9 Å². The van der Waals surface area contributed by atoms with Gasteiger partial charge in [0.2, 0.25) is 0 Å². The molecule has 2 N–H and O–H groups in total. The molecule has 1 aromatic rings. The van der Waals surface area contributed by atoms with Crippen LogP contribution in [0.4, 0.5) is 0 Å².